The van der Waals surface area contributed by atoms with Crippen LogP contribution in [0.2, 0.25) is 0 Å². The summed E-state index contributed by atoms with van der Waals surface area (Å²) in [7, 11) is 3.15. The third-order valence-corrected chi connectivity index (χ3v) is 6.95. The predicted molar refractivity (Wildman–Crippen MR) is 143 cm³/mol. The quantitative estimate of drug-likeness (QED) is 0.0875. The molecule has 0 aromatic heterocycles. The van der Waals surface area contributed by atoms with Gasteiger partial charge in [0.2, 0.25) is 0 Å². The number of hydrogen-bond acceptors (Lipinski definition) is 8. The van der Waals surface area contributed by atoms with Crippen LogP contribution in [0.5, 0.6) is 11.5 Å². The van der Waals surface area contributed by atoms with Crippen LogP contribution in [-0.2, 0) is 13.6 Å². The first-order chi connectivity index (χ1) is 18.0. The molecule has 0 bridgehead atoms. The molecule has 1 heterocycles. The summed E-state index contributed by atoms with van der Waals surface area (Å²) in [5.74, 6) is 1.50. The lowest BCUT2D eigenvalue weighted by atomic mass is 9.91. The zero-order valence-corrected chi connectivity index (χ0v) is 23.1. The minimum atomic E-state index is -4.51. The Labute approximate surface area is 221 Å². The molecular formula is C28H32NO8P. The second kappa shape index (κ2) is 11.3. The van der Waals surface area contributed by atoms with Crippen molar-refractivity contribution >= 4 is 18.8 Å². The number of quaternary nitrogens is 1. The maximum Gasteiger partial charge on any atom is 0.270 e. The molecule has 2 aromatic rings. The summed E-state index contributed by atoms with van der Waals surface area (Å²) in [6.45, 7) is 2.23. The maximum absolute atomic E-state index is 12.1. The van der Waals surface area contributed by atoms with Crippen molar-refractivity contribution in [2.24, 2.45) is 0 Å². The van der Waals surface area contributed by atoms with Crippen LogP contribution < -0.4 is 19.8 Å². The maximum atomic E-state index is 12.1. The molecule has 10 heteroatoms. The Morgan fingerprint density at radius 1 is 0.947 bits per heavy atom. The Balaban J connectivity index is 1.58. The molecule has 0 fully saturated rings. The predicted octanol–water partition coefficient (Wildman–Crippen LogP) is 4.82. The summed E-state index contributed by atoms with van der Waals surface area (Å²) in [5.41, 5.74) is 3.93. The normalized spacial score (nSPS) is 13.5. The molecule has 0 spiro atoms. The summed E-state index contributed by atoms with van der Waals surface area (Å²) in [6.07, 6.45) is 0.571. The number of phosphoric acid groups is 1. The van der Waals surface area contributed by atoms with E-state index in [2.05, 4.69) is 0 Å². The molecule has 9 nitrogen and oxygen atoms in total. The highest BCUT2D eigenvalue weighted by Crippen LogP contribution is 2.43. The number of aryl methyl sites for hydroxylation is 1. The molecule has 0 N–H and O–H groups in total. The van der Waals surface area contributed by atoms with E-state index < -0.39 is 14.6 Å². The molecule has 38 heavy (non-hydrogen) atoms. The Bertz CT molecular complexity index is 1510. The molecule has 1 atom stereocenters. The van der Waals surface area contributed by atoms with Crippen molar-refractivity contribution in [3.05, 3.63) is 70.4 Å². The van der Waals surface area contributed by atoms with Crippen LogP contribution in [0.4, 0.5) is 0 Å². The first kappa shape index (κ1) is 27.8. The van der Waals surface area contributed by atoms with Gasteiger partial charge in [-0.3, -0.25) is 13.9 Å². The third kappa shape index (κ3) is 6.81. The Morgan fingerprint density at radius 3 is 2.39 bits per heavy atom. The van der Waals surface area contributed by atoms with Gasteiger partial charge in [-0.05, 0) is 54.4 Å². The van der Waals surface area contributed by atoms with Crippen molar-refractivity contribution in [3.8, 4) is 33.9 Å². The van der Waals surface area contributed by atoms with E-state index in [1.54, 1.807) is 25.3 Å². The zero-order chi connectivity index (χ0) is 27.5. The monoisotopic (exact) mass is 541 g/mol. The number of hydrogen-bond donors (Lipinski definition) is 0. The van der Waals surface area contributed by atoms with Crippen molar-refractivity contribution in [2.45, 2.75) is 13.3 Å². The fraction of sp³-hybridized carbons (Fsp3) is 0.321. The number of nitrogens with zero attached hydrogens (tertiary/aromatic N) is 1. The van der Waals surface area contributed by atoms with Gasteiger partial charge in [-0.1, -0.05) is 6.07 Å². The van der Waals surface area contributed by atoms with E-state index in [1.165, 1.54) is 12.1 Å². The minimum absolute atomic E-state index is 0.0352. The van der Waals surface area contributed by atoms with Gasteiger partial charge < -0.3 is 27.8 Å². The van der Waals surface area contributed by atoms with E-state index in [-0.39, 0.29) is 12.0 Å². The Morgan fingerprint density at radius 2 is 1.68 bits per heavy atom. The van der Waals surface area contributed by atoms with Gasteiger partial charge >= 0.3 is 0 Å². The molecule has 0 saturated carbocycles. The van der Waals surface area contributed by atoms with Gasteiger partial charge in [0.25, 0.3) is 7.82 Å². The lowest BCUT2D eigenvalue weighted by molar-refractivity contribution is -0.870. The minimum Gasteiger partial charge on any atom is -0.756 e. The van der Waals surface area contributed by atoms with E-state index in [1.807, 2.05) is 52.3 Å². The number of methoxy groups -OCH3 is 1. The van der Waals surface area contributed by atoms with Gasteiger partial charge in [-0.15, -0.1) is 0 Å². The highest BCUT2D eigenvalue weighted by Gasteiger charge is 2.20. The lowest BCUT2D eigenvalue weighted by Crippen LogP contribution is -2.35. The molecule has 4 rings (SSSR count). The van der Waals surface area contributed by atoms with Crippen LogP contribution in [0.15, 0.2) is 63.8 Å². The average Bonchev–Trinajstić information content (AvgIpc) is 2.84. The molecule has 2 aromatic carbocycles. The van der Waals surface area contributed by atoms with Gasteiger partial charge in [0.1, 0.15) is 22.8 Å². The standard InChI is InChI=1S/C28H32NO8P/c1-19-15-21(33-5)8-11-23(19)28-24-10-7-20(30)16-26(24)37-27-17-22(9-12-25(27)28)34-18-36-38(31,32)35-14-6-13-29(2,3)4/h7-12,15-17H,6,13-14,18H2,1-5H3. The van der Waals surface area contributed by atoms with Crippen LogP contribution in [0.1, 0.15) is 12.0 Å². The smallest absolute Gasteiger partial charge is 0.270 e. The third-order valence-electron chi connectivity index (χ3n) is 6.03. The fourth-order valence-electron chi connectivity index (χ4n) is 4.19. The molecule has 202 valence electrons. The zero-order valence-electron chi connectivity index (χ0n) is 22.2. The van der Waals surface area contributed by atoms with Gasteiger partial charge in [0, 0.05) is 35.1 Å². The van der Waals surface area contributed by atoms with Crippen molar-refractivity contribution in [3.63, 3.8) is 0 Å². The largest absolute Gasteiger partial charge is 0.756 e. The lowest BCUT2D eigenvalue weighted by Gasteiger charge is -2.26. The number of rotatable bonds is 11. The number of ether oxygens (including phenoxy) is 2. The Kier molecular flexibility index (Phi) is 8.25. The summed E-state index contributed by atoms with van der Waals surface area (Å²) < 4.78 is 39.5. The number of phosphoric ester groups is 1. The van der Waals surface area contributed by atoms with Crippen LogP contribution >= 0.6 is 7.82 Å². The second-order valence-electron chi connectivity index (χ2n) is 10.0. The summed E-state index contributed by atoms with van der Waals surface area (Å²) in [6, 6.07) is 15.7. The highest BCUT2D eigenvalue weighted by atomic mass is 31.2. The SMILES string of the molecule is COc1ccc(-c2c3ccc(=O)cc-3oc3cc(OCOP(=O)([O-])OCCC[N+](C)(C)C)ccc23)c(C)c1. The van der Waals surface area contributed by atoms with Crippen LogP contribution in [0.3, 0.4) is 0 Å². The summed E-state index contributed by atoms with van der Waals surface area (Å²) >= 11 is 0. The van der Waals surface area contributed by atoms with Crippen LogP contribution in [0.25, 0.3) is 33.4 Å². The number of fused-ring (bicyclic) bond motifs is 2. The van der Waals surface area contributed by atoms with E-state index in [4.69, 9.17) is 22.9 Å². The second-order valence-corrected chi connectivity index (χ2v) is 11.4. The fourth-order valence-corrected chi connectivity index (χ4v) is 4.79. The van der Waals surface area contributed by atoms with Crippen LogP contribution in [0, 0.1) is 6.92 Å². The summed E-state index contributed by atoms with van der Waals surface area (Å²) in [4.78, 5) is 24.1. The van der Waals surface area contributed by atoms with Gasteiger partial charge in [-0.25, -0.2) is 0 Å². The molecule has 0 saturated heterocycles. The average molecular weight is 542 g/mol. The van der Waals surface area contributed by atoms with Crippen molar-refractivity contribution < 1.29 is 36.9 Å². The van der Waals surface area contributed by atoms with E-state index in [0.717, 1.165) is 39.9 Å². The van der Waals surface area contributed by atoms with Crippen LogP contribution in [-0.4, -0.2) is 52.7 Å². The molecule has 2 aliphatic rings. The molecule has 0 amide bonds. The van der Waals surface area contributed by atoms with Gasteiger partial charge in [-0.2, -0.15) is 0 Å². The summed E-state index contributed by atoms with van der Waals surface area (Å²) in [5, 5.41) is 0.799. The first-order valence-electron chi connectivity index (χ1n) is 12.1. The first-order valence-corrected chi connectivity index (χ1v) is 13.6. The van der Waals surface area contributed by atoms with Crippen molar-refractivity contribution in [1.82, 2.24) is 0 Å². The van der Waals surface area contributed by atoms with Gasteiger partial charge in [0.05, 0.1) is 41.4 Å². The van der Waals surface area contributed by atoms with Crippen molar-refractivity contribution in [2.75, 3.05) is 48.2 Å². The molecular weight excluding hydrogens is 509 g/mol. The Hall–Kier alpha value is -3.20. The molecule has 1 aliphatic carbocycles. The highest BCUT2D eigenvalue weighted by molar-refractivity contribution is 7.45. The number of benzene rings is 3. The van der Waals surface area contributed by atoms with E-state index in [0.29, 0.717) is 28.0 Å². The topological polar surface area (TPSA) is 107 Å². The van der Waals surface area contributed by atoms with Crippen molar-refractivity contribution in [1.29, 1.82) is 0 Å². The molecule has 1 unspecified atom stereocenters. The van der Waals surface area contributed by atoms with Gasteiger partial charge in [0.15, 0.2) is 12.2 Å². The molecule has 0 radical (unpaired) electrons. The van der Waals surface area contributed by atoms with E-state index >= 15 is 0 Å². The van der Waals surface area contributed by atoms with E-state index in [9.17, 15) is 14.3 Å². The molecule has 1 aliphatic heterocycles.